The minimum Gasteiger partial charge on any atom is -0.496 e. The molecule has 0 amide bonds. The fraction of sp³-hybridized carbons (Fsp3) is 0.500. The summed E-state index contributed by atoms with van der Waals surface area (Å²) in [7, 11) is 0.284. The first-order valence-electron chi connectivity index (χ1n) is 5.20. The highest BCUT2D eigenvalue weighted by Crippen LogP contribution is 2.19. The minimum absolute atomic E-state index is 0.709. The molecule has 0 unspecified atom stereocenters. The van der Waals surface area contributed by atoms with Crippen molar-refractivity contribution in [1.29, 1.82) is 0 Å². The molecule has 0 atom stereocenters. The van der Waals surface area contributed by atoms with Crippen LogP contribution in [0, 0.1) is 6.92 Å². The third-order valence-electron chi connectivity index (χ3n) is 2.13. The Hall–Kier alpha value is -0.803. The highest BCUT2D eigenvalue weighted by Gasteiger charge is 2.14. The fourth-order valence-electron chi connectivity index (χ4n) is 1.33. The SMILES string of the molecule is COc1ccc(CO[Si](C)(C)C)cc1C. The lowest BCUT2D eigenvalue weighted by atomic mass is 10.1. The molecular formula is C12H20O2Si. The molecule has 15 heavy (non-hydrogen) atoms. The summed E-state index contributed by atoms with van der Waals surface area (Å²) < 4.78 is 11.1. The third kappa shape index (κ3) is 4.06. The van der Waals surface area contributed by atoms with Crippen molar-refractivity contribution in [1.82, 2.24) is 0 Å². The van der Waals surface area contributed by atoms with Crippen molar-refractivity contribution in [2.75, 3.05) is 7.11 Å². The predicted octanol–water partition coefficient (Wildman–Crippen LogP) is 3.36. The summed E-state index contributed by atoms with van der Waals surface area (Å²) in [6, 6.07) is 6.18. The molecule has 1 aromatic rings. The molecule has 0 saturated heterocycles. The van der Waals surface area contributed by atoms with Gasteiger partial charge in [0.15, 0.2) is 8.32 Å². The molecule has 0 heterocycles. The van der Waals surface area contributed by atoms with Gasteiger partial charge in [-0.3, -0.25) is 0 Å². The van der Waals surface area contributed by atoms with Crippen LogP contribution < -0.4 is 4.74 Å². The molecule has 1 rings (SSSR count). The van der Waals surface area contributed by atoms with Crippen molar-refractivity contribution >= 4 is 8.32 Å². The molecule has 0 N–H and O–H groups in total. The Morgan fingerprint density at radius 2 is 1.87 bits per heavy atom. The summed E-state index contributed by atoms with van der Waals surface area (Å²) >= 11 is 0. The van der Waals surface area contributed by atoms with E-state index >= 15 is 0 Å². The van der Waals surface area contributed by atoms with Crippen LogP contribution in [0.25, 0.3) is 0 Å². The maximum atomic E-state index is 5.84. The molecule has 0 aromatic heterocycles. The number of hydrogen-bond donors (Lipinski definition) is 0. The van der Waals surface area contributed by atoms with Crippen molar-refractivity contribution < 1.29 is 9.16 Å². The molecule has 0 radical (unpaired) electrons. The summed E-state index contributed by atoms with van der Waals surface area (Å²) in [5.41, 5.74) is 2.38. The molecule has 0 fully saturated rings. The van der Waals surface area contributed by atoms with Gasteiger partial charge in [0.25, 0.3) is 0 Å². The van der Waals surface area contributed by atoms with E-state index < -0.39 is 8.32 Å². The second-order valence-electron chi connectivity index (χ2n) is 4.71. The van der Waals surface area contributed by atoms with Crippen LogP contribution in [0.15, 0.2) is 18.2 Å². The number of ether oxygens (including phenoxy) is 1. The quantitative estimate of drug-likeness (QED) is 0.730. The van der Waals surface area contributed by atoms with E-state index in [0.717, 1.165) is 11.3 Å². The maximum Gasteiger partial charge on any atom is 0.184 e. The van der Waals surface area contributed by atoms with Gasteiger partial charge in [-0.2, -0.15) is 0 Å². The minimum atomic E-state index is -1.41. The van der Waals surface area contributed by atoms with E-state index in [1.165, 1.54) is 5.56 Å². The normalized spacial score (nSPS) is 11.5. The second kappa shape index (κ2) is 4.81. The monoisotopic (exact) mass is 224 g/mol. The molecule has 0 spiro atoms. The first-order chi connectivity index (χ1) is 6.92. The smallest absolute Gasteiger partial charge is 0.184 e. The van der Waals surface area contributed by atoms with Crippen LogP contribution in [0.4, 0.5) is 0 Å². The topological polar surface area (TPSA) is 18.5 Å². The summed E-state index contributed by atoms with van der Waals surface area (Å²) in [5, 5.41) is 0. The largest absolute Gasteiger partial charge is 0.496 e. The fourth-order valence-corrected chi connectivity index (χ4v) is 1.93. The Morgan fingerprint density at radius 3 is 2.33 bits per heavy atom. The number of methoxy groups -OCH3 is 1. The number of aryl methyl sites for hydroxylation is 1. The molecule has 0 saturated carbocycles. The van der Waals surface area contributed by atoms with Crippen LogP contribution in [-0.4, -0.2) is 15.4 Å². The highest BCUT2D eigenvalue weighted by atomic mass is 28.4. The van der Waals surface area contributed by atoms with Crippen LogP contribution in [0.5, 0.6) is 5.75 Å². The van der Waals surface area contributed by atoms with Crippen molar-refractivity contribution in [3.63, 3.8) is 0 Å². The number of hydrogen-bond acceptors (Lipinski definition) is 2. The Balaban J connectivity index is 2.68. The van der Waals surface area contributed by atoms with Gasteiger partial charge in [-0.25, -0.2) is 0 Å². The van der Waals surface area contributed by atoms with E-state index in [1.807, 2.05) is 6.07 Å². The van der Waals surface area contributed by atoms with Gasteiger partial charge < -0.3 is 9.16 Å². The van der Waals surface area contributed by atoms with Gasteiger partial charge >= 0.3 is 0 Å². The summed E-state index contributed by atoms with van der Waals surface area (Å²) in [6.07, 6.45) is 0. The van der Waals surface area contributed by atoms with Crippen molar-refractivity contribution in [3.05, 3.63) is 29.3 Å². The molecule has 2 nitrogen and oxygen atoms in total. The molecular weight excluding hydrogens is 204 g/mol. The zero-order valence-corrected chi connectivity index (χ0v) is 11.3. The summed E-state index contributed by atoms with van der Waals surface area (Å²) in [5.74, 6) is 0.937. The highest BCUT2D eigenvalue weighted by molar-refractivity contribution is 6.69. The van der Waals surface area contributed by atoms with E-state index in [1.54, 1.807) is 7.11 Å². The average Bonchev–Trinajstić information content (AvgIpc) is 2.14. The van der Waals surface area contributed by atoms with E-state index in [2.05, 4.69) is 38.7 Å². The molecule has 84 valence electrons. The maximum absolute atomic E-state index is 5.84. The molecule has 0 aliphatic rings. The lowest BCUT2D eigenvalue weighted by Gasteiger charge is -2.17. The number of rotatable bonds is 4. The van der Waals surface area contributed by atoms with Crippen LogP contribution >= 0.6 is 0 Å². The lowest BCUT2D eigenvalue weighted by molar-refractivity contribution is 0.299. The lowest BCUT2D eigenvalue weighted by Crippen LogP contribution is -2.24. The zero-order chi connectivity index (χ0) is 11.5. The Bertz CT molecular complexity index is 329. The van der Waals surface area contributed by atoms with Crippen molar-refractivity contribution in [3.8, 4) is 5.75 Å². The van der Waals surface area contributed by atoms with Gasteiger partial charge in [-0.15, -0.1) is 0 Å². The first kappa shape index (κ1) is 12.3. The molecule has 0 aliphatic heterocycles. The third-order valence-corrected chi connectivity index (χ3v) is 3.14. The van der Waals surface area contributed by atoms with Gasteiger partial charge in [-0.05, 0) is 43.8 Å². The second-order valence-corrected chi connectivity index (χ2v) is 9.22. The Morgan fingerprint density at radius 1 is 1.20 bits per heavy atom. The van der Waals surface area contributed by atoms with Gasteiger partial charge in [0.05, 0.1) is 13.7 Å². The van der Waals surface area contributed by atoms with Crippen molar-refractivity contribution in [2.24, 2.45) is 0 Å². The van der Waals surface area contributed by atoms with E-state index in [9.17, 15) is 0 Å². The van der Waals surface area contributed by atoms with E-state index in [4.69, 9.17) is 9.16 Å². The van der Waals surface area contributed by atoms with Crippen LogP contribution in [0.2, 0.25) is 19.6 Å². The Labute approximate surface area is 93.4 Å². The van der Waals surface area contributed by atoms with Crippen LogP contribution in [-0.2, 0) is 11.0 Å². The molecule has 0 bridgehead atoms. The van der Waals surface area contributed by atoms with Gasteiger partial charge in [0, 0.05) is 0 Å². The standard InChI is InChI=1S/C12H20O2Si/c1-10-8-11(6-7-12(10)13-2)9-14-15(3,4)5/h6-8H,9H2,1-5H3. The number of benzene rings is 1. The van der Waals surface area contributed by atoms with Crippen LogP contribution in [0.3, 0.4) is 0 Å². The zero-order valence-electron chi connectivity index (χ0n) is 10.3. The van der Waals surface area contributed by atoms with Crippen molar-refractivity contribution in [2.45, 2.75) is 33.2 Å². The van der Waals surface area contributed by atoms with E-state index in [-0.39, 0.29) is 0 Å². The summed E-state index contributed by atoms with van der Waals surface area (Å²) in [4.78, 5) is 0. The van der Waals surface area contributed by atoms with Gasteiger partial charge in [-0.1, -0.05) is 12.1 Å². The summed E-state index contributed by atoms with van der Waals surface area (Å²) in [6.45, 7) is 9.35. The molecule has 1 aromatic carbocycles. The van der Waals surface area contributed by atoms with Gasteiger partial charge in [0.2, 0.25) is 0 Å². The van der Waals surface area contributed by atoms with E-state index in [0.29, 0.717) is 6.61 Å². The van der Waals surface area contributed by atoms with Crippen LogP contribution in [0.1, 0.15) is 11.1 Å². The Kier molecular flexibility index (Phi) is 3.94. The molecule has 3 heteroatoms. The first-order valence-corrected chi connectivity index (χ1v) is 8.61. The predicted molar refractivity (Wildman–Crippen MR) is 65.9 cm³/mol. The molecule has 0 aliphatic carbocycles. The van der Waals surface area contributed by atoms with Gasteiger partial charge in [0.1, 0.15) is 5.75 Å². The average molecular weight is 224 g/mol.